The second kappa shape index (κ2) is 6.31. The number of carbonyl (C=O) groups is 1. The van der Waals surface area contributed by atoms with Crippen LogP contribution in [0.1, 0.15) is 39.4 Å². The molecular formula is C20H25NO7. The minimum atomic E-state index is -1.25. The molecule has 1 amide bonds. The van der Waals surface area contributed by atoms with Crippen molar-refractivity contribution in [3.63, 3.8) is 0 Å². The molecule has 2 saturated heterocycles. The van der Waals surface area contributed by atoms with Crippen molar-refractivity contribution in [1.82, 2.24) is 5.32 Å². The van der Waals surface area contributed by atoms with Gasteiger partial charge in [-0.2, -0.15) is 0 Å². The van der Waals surface area contributed by atoms with Gasteiger partial charge in [-0.1, -0.05) is 0 Å². The number of amides is 1. The van der Waals surface area contributed by atoms with Crippen LogP contribution >= 0.6 is 0 Å². The van der Waals surface area contributed by atoms with E-state index < -0.39 is 53.5 Å². The van der Waals surface area contributed by atoms with E-state index in [4.69, 9.17) is 34.5 Å². The second-order valence-corrected chi connectivity index (χ2v) is 8.17. The molecule has 0 aromatic carbocycles. The predicted octanol–water partition coefficient (Wildman–Crippen LogP) is 1.51. The average Bonchev–Trinajstić information content (AvgIpc) is 3.30. The summed E-state index contributed by atoms with van der Waals surface area (Å²) in [4.78, 5) is 12.1. The average molecular weight is 391 g/mol. The maximum atomic E-state index is 12.1. The first-order valence-corrected chi connectivity index (χ1v) is 9.22. The highest BCUT2D eigenvalue weighted by atomic mass is 16.9. The van der Waals surface area contributed by atoms with Crippen molar-refractivity contribution in [1.29, 1.82) is 0 Å². The Bertz CT molecular complexity index is 796. The molecule has 4 rings (SSSR count). The summed E-state index contributed by atoms with van der Waals surface area (Å²) in [5.74, 6) is -1.46. The van der Waals surface area contributed by atoms with Gasteiger partial charge in [0.2, 0.25) is 5.79 Å². The van der Waals surface area contributed by atoms with E-state index in [0.29, 0.717) is 5.76 Å². The molecular weight excluding hydrogens is 366 g/mol. The van der Waals surface area contributed by atoms with Crippen LogP contribution in [0.3, 0.4) is 0 Å². The maximum absolute atomic E-state index is 12.1. The number of methoxy groups -OCH3 is 1. The molecule has 152 valence electrons. The Morgan fingerprint density at radius 1 is 1.18 bits per heavy atom. The molecule has 0 radical (unpaired) electrons. The summed E-state index contributed by atoms with van der Waals surface area (Å²) >= 11 is 0. The third kappa shape index (κ3) is 2.86. The first-order chi connectivity index (χ1) is 13.1. The smallest absolute Gasteiger partial charge is 0.295 e. The Labute approximate surface area is 163 Å². The zero-order valence-electron chi connectivity index (χ0n) is 16.6. The van der Waals surface area contributed by atoms with Gasteiger partial charge in [0, 0.05) is 7.11 Å². The van der Waals surface area contributed by atoms with Gasteiger partial charge in [0.05, 0.1) is 18.2 Å². The lowest BCUT2D eigenvalue weighted by Gasteiger charge is -2.48. The molecule has 3 fully saturated rings. The monoisotopic (exact) mass is 391 g/mol. The maximum Gasteiger partial charge on any atom is 0.295 e. The molecule has 1 N–H and O–H groups in total. The third-order valence-corrected chi connectivity index (χ3v) is 5.42. The van der Waals surface area contributed by atoms with E-state index >= 15 is 0 Å². The largest absolute Gasteiger partial charge is 0.469 e. The van der Waals surface area contributed by atoms with Crippen LogP contribution in [0.2, 0.25) is 0 Å². The highest BCUT2D eigenvalue weighted by Crippen LogP contribution is 2.55. The summed E-state index contributed by atoms with van der Waals surface area (Å²) in [7, 11) is 1.54. The second-order valence-electron chi connectivity index (χ2n) is 8.17. The quantitative estimate of drug-likeness (QED) is 0.782. The molecule has 3 heterocycles. The van der Waals surface area contributed by atoms with Crippen LogP contribution in [0.4, 0.5) is 0 Å². The highest BCUT2D eigenvalue weighted by Gasteiger charge is 2.73. The number of furan rings is 1. The van der Waals surface area contributed by atoms with Crippen LogP contribution < -0.4 is 5.32 Å². The Hall–Kier alpha value is -1.89. The molecule has 28 heavy (non-hydrogen) atoms. The van der Waals surface area contributed by atoms with Crippen LogP contribution in [0.25, 0.3) is 0 Å². The zero-order valence-corrected chi connectivity index (χ0v) is 16.6. The Kier molecular flexibility index (Phi) is 4.38. The van der Waals surface area contributed by atoms with Crippen molar-refractivity contribution >= 4 is 5.91 Å². The predicted molar refractivity (Wildman–Crippen MR) is 95.8 cm³/mol. The van der Waals surface area contributed by atoms with Crippen molar-refractivity contribution in [2.24, 2.45) is 0 Å². The normalized spacial score (nSPS) is 40.4. The lowest BCUT2D eigenvalue weighted by molar-refractivity contribution is -0.304. The van der Waals surface area contributed by atoms with Gasteiger partial charge in [0.15, 0.2) is 11.6 Å². The minimum absolute atomic E-state index is 0.479. The Balaban J connectivity index is 1.87. The fourth-order valence-corrected chi connectivity index (χ4v) is 4.60. The number of ether oxygens (including phenoxy) is 5. The molecule has 1 aliphatic carbocycles. The number of nitrogens with one attached hydrogen (secondary N) is 1. The topological polar surface area (TPSA) is 88.4 Å². The Morgan fingerprint density at radius 2 is 1.89 bits per heavy atom. The molecule has 3 aliphatic rings. The van der Waals surface area contributed by atoms with Gasteiger partial charge in [-0.05, 0) is 45.7 Å². The van der Waals surface area contributed by atoms with Gasteiger partial charge in [-0.15, -0.1) is 6.42 Å². The first kappa shape index (κ1) is 19.4. The number of carbonyl (C=O) groups excluding carboxylic acids is 1. The van der Waals surface area contributed by atoms with Gasteiger partial charge < -0.3 is 33.4 Å². The molecule has 2 aliphatic heterocycles. The van der Waals surface area contributed by atoms with Gasteiger partial charge in [-0.3, -0.25) is 4.79 Å². The van der Waals surface area contributed by atoms with E-state index in [1.54, 1.807) is 47.1 Å². The third-order valence-electron chi connectivity index (χ3n) is 5.42. The van der Waals surface area contributed by atoms with Crippen LogP contribution in [0.15, 0.2) is 22.8 Å². The van der Waals surface area contributed by atoms with E-state index in [1.807, 2.05) is 6.07 Å². The molecule has 0 spiro atoms. The molecule has 0 bridgehead atoms. The molecule has 6 unspecified atom stereocenters. The molecule has 1 aromatic heterocycles. The van der Waals surface area contributed by atoms with Gasteiger partial charge in [0.25, 0.3) is 5.91 Å². The van der Waals surface area contributed by atoms with E-state index in [0.717, 1.165) is 0 Å². The van der Waals surface area contributed by atoms with E-state index in [1.165, 1.54) is 0 Å². The molecule has 8 heteroatoms. The first-order valence-electron chi connectivity index (χ1n) is 9.22. The molecule has 1 saturated carbocycles. The summed E-state index contributed by atoms with van der Waals surface area (Å²) in [5, 5.41) is 2.87. The summed E-state index contributed by atoms with van der Waals surface area (Å²) < 4.78 is 36.5. The SMILES string of the molecule is C#CC(=O)NC1C2OC(C)(C)OC2C2(OC)OC(C)(C)OC2C1c1ccco1. The Morgan fingerprint density at radius 3 is 2.50 bits per heavy atom. The van der Waals surface area contributed by atoms with Crippen molar-refractivity contribution in [2.75, 3.05) is 7.11 Å². The van der Waals surface area contributed by atoms with Crippen LogP contribution in [-0.4, -0.2) is 54.7 Å². The van der Waals surface area contributed by atoms with Gasteiger partial charge in [-0.25, -0.2) is 0 Å². The van der Waals surface area contributed by atoms with E-state index in [2.05, 4.69) is 11.2 Å². The highest BCUT2D eigenvalue weighted by molar-refractivity contribution is 5.93. The van der Waals surface area contributed by atoms with Crippen LogP contribution in [0, 0.1) is 12.3 Å². The fourth-order valence-electron chi connectivity index (χ4n) is 4.60. The number of fused-ring (bicyclic) bond motifs is 3. The standard InChI is InChI=1S/C20H25NO7/c1-7-12(22)21-14-13(11-9-8-10-24-11)16-20(23-6,28-19(4,5)26-16)17-15(14)25-18(2,3)27-17/h1,8-10,13-17H,2-6H3,(H,21,22). The molecule has 8 nitrogen and oxygen atoms in total. The van der Waals surface area contributed by atoms with Gasteiger partial charge in [0.1, 0.15) is 24.1 Å². The van der Waals surface area contributed by atoms with Crippen LogP contribution in [0.5, 0.6) is 0 Å². The minimum Gasteiger partial charge on any atom is -0.469 e. The lowest BCUT2D eigenvalue weighted by Crippen LogP contribution is -2.69. The summed E-state index contributed by atoms with van der Waals surface area (Å²) in [5.41, 5.74) is 0. The van der Waals surface area contributed by atoms with Crippen molar-refractivity contribution < 1.29 is 32.9 Å². The van der Waals surface area contributed by atoms with E-state index in [-0.39, 0.29) is 0 Å². The number of terminal acetylenes is 1. The number of hydrogen-bond donors (Lipinski definition) is 1. The fraction of sp³-hybridized carbons (Fsp3) is 0.650. The van der Waals surface area contributed by atoms with Crippen molar-refractivity contribution in [3.05, 3.63) is 24.2 Å². The molecule has 6 atom stereocenters. The van der Waals surface area contributed by atoms with E-state index in [9.17, 15) is 4.79 Å². The molecule has 1 aromatic rings. The van der Waals surface area contributed by atoms with Crippen molar-refractivity contribution in [2.45, 2.75) is 75.3 Å². The van der Waals surface area contributed by atoms with Crippen molar-refractivity contribution in [3.8, 4) is 12.3 Å². The van der Waals surface area contributed by atoms with Gasteiger partial charge >= 0.3 is 0 Å². The zero-order chi connectivity index (χ0) is 20.3. The number of hydrogen-bond acceptors (Lipinski definition) is 7. The summed E-state index contributed by atoms with van der Waals surface area (Å²) in [6, 6.07) is 3.01. The summed E-state index contributed by atoms with van der Waals surface area (Å²) in [6.07, 6.45) is 4.97. The van der Waals surface area contributed by atoms with Crippen LogP contribution in [-0.2, 0) is 28.5 Å². The summed E-state index contributed by atoms with van der Waals surface area (Å²) in [6.45, 7) is 7.20. The lowest BCUT2D eigenvalue weighted by atomic mass is 9.73. The number of rotatable bonds is 3.